The standard InChI is InChI=1S/C32H34N2O3.C31H34N2O4.C26H27FN2O2.C26H28N4O2S/c1-5-6-20-37-26-18-14-23(15-19-26)28-21-27(22-12-16-24(17-13-22)32(2,3)4)29(31(36)34-28)30(35)33-25-10-8-7-9-11-25;1-4-7-8-9-21-10-12-22(13-11-21)27-20-26(28-19-18-24(5-2)37-28)29(31(35)33-27)30(34)32-23-14-16-25(17-15-23)36-6-3;1-17-6-10-19(11-7-17)21-16-22(26(27)14-4-3-5-15-26)29-25(31)23(21)24(30)28-20-12-8-18(2)9-13-20;1-2-3-4-5-14-32-19-10-8-17(9-11-19)21-15-20(23-13-12-22(33-23)18-6-7-18)24(26(31)29-21)25-27-16-28-30-25/h7-19,21H,5-6,20H2,1-4H3,(H,33,35)(H,34,36);10-20H,4-9H2,1-3H3,(H,32,34)(H,33,35);6-13,16H,3-5,14-15H2,1-2H3,(H,28,30)(H,29,31);8-13,15-16,18H,2-7,14H2,1H3,(H,29,31)(H,27,28,30). The van der Waals surface area contributed by atoms with Crippen LogP contribution >= 0.6 is 11.3 Å². The summed E-state index contributed by atoms with van der Waals surface area (Å²) in [6.45, 7) is 22.8. The molecule has 17 rings (SSSR count). The van der Waals surface area contributed by atoms with Gasteiger partial charge in [-0.25, -0.2) is 9.37 Å². The number of aromatic amines is 5. The predicted octanol–water partition coefficient (Wildman–Crippen LogP) is 27.1. The number of furan rings is 1. The highest BCUT2D eigenvalue weighted by Gasteiger charge is 2.37. The number of halogens is 1. The van der Waals surface area contributed by atoms with Crippen molar-refractivity contribution < 1.29 is 37.4 Å². The van der Waals surface area contributed by atoms with E-state index in [1.165, 1.54) is 67.3 Å². The molecule has 138 heavy (non-hydrogen) atoms. The molecule has 0 bridgehead atoms. The number of alkyl halides is 1. The van der Waals surface area contributed by atoms with Crippen molar-refractivity contribution in [2.45, 2.75) is 202 Å². The van der Waals surface area contributed by atoms with Gasteiger partial charge in [0.1, 0.15) is 51.8 Å². The monoisotopic (exact) mass is 1870 g/mol. The van der Waals surface area contributed by atoms with E-state index in [0.29, 0.717) is 112 Å². The first-order valence-corrected chi connectivity index (χ1v) is 49.0. The molecule has 23 heteroatoms. The first-order valence-electron chi connectivity index (χ1n) is 48.2. The number of nitrogens with one attached hydrogen (secondary N) is 8. The molecule has 0 aliphatic heterocycles. The van der Waals surface area contributed by atoms with Gasteiger partial charge in [0.2, 0.25) is 0 Å². The van der Waals surface area contributed by atoms with Crippen molar-refractivity contribution in [1.29, 1.82) is 0 Å². The Hall–Kier alpha value is -14.6. The van der Waals surface area contributed by atoms with Crippen molar-refractivity contribution in [1.82, 2.24) is 35.1 Å². The Bertz CT molecular complexity index is 6830. The van der Waals surface area contributed by atoms with Crippen LogP contribution in [0.4, 0.5) is 21.5 Å². The Kier molecular flexibility index (Phi) is 34.0. The Morgan fingerprint density at radius 3 is 1.47 bits per heavy atom. The van der Waals surface area contributed by atoms with Crippen LogP contribution in [0.25, 0.3) is 89.2 Å². The number of carbonyl (C=O) groups is 3. The topological polar surface area (TPSA) is 301 Å². The van der Waals surface area contributed by atoms with Crippen LogP contribution in [0.5, 0.6) is 17.2 Å². The largest absolute Gasteiger partial charge is 0.494 e. The maximum Gasteiger partial charge on any atom is 0.262 e. The molecule has 2 saturated carbocycles. The number of unbranched alkanes of at least 4 members (excludes halogenated alkanes) is 6. The summed E-state index contributed by atoms with van der Waals surface area (Å²) in [4.78, 5) is 111. The van der Waals surface area contributed by atoms with E-state index in [2.05, 4.69) is 129 Å². The summed E-state index contributed by atoms with van der Waals surface area (Å²) < 4.78 is 38.8. The van der Waals surface area contributed by atoms with Gasteiger partial charge in [0.15, 0.2) is 11.5 Å². The molecule has 2 aliphatic carbocycles. The third-order valence-electron chi connectivity index (χ3n) is 24.6. The number of ether oxygens (including phenoxy) is 3. The minimum absolute atomic E-state index is 0.00539. The summed E-state index contributed by atoms with van der Waals surface area (Å²) in [5, 5.41) is 15.3. The zero-order valence-corrected chi connectivity index (χ0v) is 81.2. The van der Waals surface area contributed by atoms with Crippen LogP contribution < -0.4 is 52.4 Å². The van der Waals surface area contributed by atoms with Gasteiger partial charge in [-0.2, -0.15) is 5.10 Å². The Morgan fingerprint density at radius 2 is 0.942 bits per heavy atom. The van der Waals surface area contributed by atoms with Crippen molar-refractivity contribution >= 4 is 46.1 Å². The lowest BCUT2D eigenvalue weighted by Gasteiger charge is -2.30. The number of pyridine rings is 4. The maximum absolute atomic E-state index is 15.7. The molecule has 0 radical (unpaired) electrons. The summed E-state index contributed by atoms with van der Waals surface area (Å²) in [7, 11) is 0. The van der Waals surface area contributed by atoms with Crippen LogP contribution in [0.3, 0.4) is 0 Å². The number of aryl methyl sites for hydroxylation is 4. The normalized spacial score (nSPS) is 12.6. The lowest BCUT2D eigenvalue weighted by atomic mass is 9.82. The number of carbonyl (C=O) groups excluding carboxylic acids is 3. The van der Waals surface area contributed by atoms with Crippen LogP contribution in [0, 0.1) is 13.8 Å². The second kappa shape index (κ2) is 47.3. The van der Waals surface area contributed by atoms with Crippen LogP contribution in [0.2, 0.25) is 0 Å². The van der Waals surface area contributed by atoms with Gasteiger partial charge in [0, 0.05) is 72.6 Å². The predicted molar refractivity (Wildman–Crippen MR) is 555 cm³/mol. The van der Waals surface area contributed by atoms with Gasteiger partial charge in [-0.05, 0) is 281 Å². The number of para-hydroxylation sites is 1. The van der Waals surface area contributed by atoms with E-state index in [9.17, 15) is 33.6 Å². The molecule has 2 fully saturated rings. The van der Waals surface area contributed by atoms with Crippen molar-refractivity contribution in [3.05, 3.63) is 352 Å². The molecular formula is C115H123FN10O11S. The molecule has 3 amide bonds. The fourth-order valence-electron chi connectivity index (χ4n) is 16.6. The van der Waals surface area contributed by atoms with E-state index < -0.39 is 40.1 Å². The summed E-state index contributed by atoms with van der Waals surface area (Å²) in [5.74, 6) is 3.30. The zero-order valence-electron chi connectivity index (χ0n) is 80.3. The molecule has 0 atom stereocenters. The van der Waals surface area contributed by atoms with E-state index in [-0.39, 0.29) is 33.4 Å². The molecule has 7 heterocycles. The fourth-order valence-corrected chi connectivity index (χ4v) is 17.8. The second-order valence-corrected chi connectivity index (χ2v) is 37.3. The fraction of sp³-hybridized carbons (Fsp3) is 0.296. The number of thiophene rings is 1. The zero-order chi connectivity index (χ0) is 97.2. The second-order valence-electron chi connectivity index (χ2n) is 36.2. The molecule has 7 aromatic heterocycles. The van der Waals surface area contributed by atoms with Crippen LogP contribution in [0.1, 0.15) is 234 Å². The third kappa shape index (κ3) is 26.2. The first kappa shape index (κ1) is 99.4. The van der Waals surface area contributed by atoms with Gasteiger partial charge in [-0.1, -0.05) is 208 Å². The molecule has 0 saturated heterocycles. The molecular weight excluding hydrogens is 1750 g/mol. The van der Waals surface area contributed by atoms with Gasteiger partial charge < -0.3 is 54.5 Å². The first-order chi connectivity index (χ1) is 66.9. The number of hydrogen-bond acceptors (Lipinski definition) is 14. The highest BCUT2D eigenvalue weighted by molar-refractivity contribution is 7.15. The van der Waals surface area contributed by atoms with Gasteiger partial charge in [-0.3, -0.25) is 38.7 Å². The highest BCUT2D eigenvalue weighted by Crippen LogP contribution is 2.47. The molecule has 0 unspecified atom stereocenters. The highest BCUT2D eigenvalue weighted by atomic mass is 32.1. The molecule has 21 nitrogen and oxygen atoms in total. The number of nitrogens with zero attached hydrogens (tertiary/aromatic N) is 2. The SMILES string of the molecule is CCCCCCOc1ccc(-c2cc(-c3ccc(C4CC4)s3)c(-c3ncn[nH]3)c(=O)[nH]2)cc1.CCCCCc1ccc(-c2cc(-c3ccc(CC)o3)c(C(=O)Nc3ccc(OCC)cc3)c(=O)[nH]2)cc1.CCCCOc1ccc(-c2cc(-c3ccc(C(C)(C)C)cc3)c(C(=O)Nc3ccccc3)c(=O)[nH]2)cc1.Cc1ccc(NC(=O)c2c(-c3ccc(C)cc3)cc(C3(F)CCCCC3)[nH]c2=O)cc1. The minimum Gasteiger partial charge on any atom is -0.494 e. The number of aromatic nitrogens is 7. The third-order valence-corrected chi connectivity index (χ3v) is 25.9. The number of hydrogen-bond donors (Lipinski definition) is 8. The van der Waals surface area contributed by atoms with Crippen LogP contribution in [-0.2, 0) is 23.9 Å². The van der Waals surface area contributed by atoms with Crippen molar-refractivity contribution in [2.75, 3.05) is 35.8 Å². The Labute approximate surface area is 809 Å². The van der Waals surface area contributed by atoms with Gasteiger partial charge in [-0.15, -0.1) is 11.3 Å². The molecule has 712 valence electrons. The lowest BCUT2D eigenvalue weighted by Crippen LogP contribution is -2.31. The van der Waals surface area contributed by atoms with E-state index in [1.54, 1.807) is 65.9 Å². The molecule has 8 aromatic carbocycles. The average molecular weight is 1870 g/mol. The van der Waals surface area contributed by atoms with E-state index in [4.69, 9.17) is 18.6 Å². The van der Waals surface area contributed by atoms with Crippen molar-refractivity contribution in [2.24, 2.45) is 0 Å². The van der Waals surface area contributed by atoms with Gasteiger partial charge in [0.25, 0.3) is 40.0 Å². The van der Waals surface area contributed by atoms with E-state index in [1.807, 2.05) is 185 Å². The lowest BCUT2D eigenvalue weighted by molar-refractivity contribution is 0.0991. The molecule has 8 N–H and O–H groups in total. The smallest absolute Gasteiger partial charge is 0.262 e. The Balaban J connectivity index is 0.000000147. The summed E-state index contributed by atoms with van der Waals surface area (Å²) in [6, 6.07) is 78.3. The van der Waals surface area contributed by atoms with Crippen molar-refractivity contribution in [3.8, 4) is 106 Å². The van der Waals surface area contributed by atoms with Gasteiger partial charge in [0.05, 0.1) is 31.1 Å². The minimum atomic E-state index is -1.57. The summed E-state index contributed by atoms with van der Waals surface area (Å²) >= 11 is 1.76. The van der Waals surface area contributed by atoms with Crippen LogP contribution in [-0.4, -0.2) is 72.7 Å². The van der Waals surface area contributed by atoms with Crippen molar-refractivity contribution in [3.63, 3.8) is 0 Å². The number of rotatable bonds is 33. The number of benzene rings is 8. The molecule has 15 aromatic rings. The summed E-state index contributed by atoms with van der Waals surface area (Å²) in [6.07, 6.45) is 19.4. The molecule has 0 spiro atoms. The van der Waals surface area contributed by atoms with Gasteiger partial charge >= 0.3 is 0 Å². The van der Waals surface area contributed by atoms with E-state index in [0.717, 1.165) is 125 Å². The van der Waals surface area contributed by atoms with Crippen LogP contribution in [0.15, 0.2) is 279 Å². The number of anilines is 3. The number of amides is 3. The van der Waals surface area contributed by atoms with E-state index >= 15 is 4.39 Å². The summed E-state index contributed by atoms with van der Waals surface area (Å²) in [5.41, 5.74) is 12.6. The number of H-pyrrole nitrogens is 5. The quantitative estimate of drug-likeness (QED) is 0.0178. The average Bonchev–Trinajstić information content (AvgIpc) is 1.30. The maximum atomic E-state index is 15.7. The molecule has 2 aliphatic rings. The Morgan fingerprint density at radius 1 is 0.471 bits per heavy atom.